The Labute approximate surface area is 136 Å². The van der Waals surface area contributed by atoms with Gasteiger partial charge in [0.15, 0.2) is 0 Å². The van der Waals surface area contributed by atoms with Gasteiger partial charge in [-0.15, -0.1) is 25.6 Å². The SMILES string of the molecule is CC(c1ccc(OC(F)(F)F)cc1)N(C)CC(C)(C)CN.Cl. The molecule has 0 saturated heterocycles. The monoisotopic (exact) mass is 340 g/mol. The van der Waals surface area contributed by atoms with Gasteiger partial charge in [0.05, 0.1) is 0 Å². The van der Waals surface area contributed by atoms with Crippen molar-refractivity contribution in [1.82, 2.24) is 4.90 Å². The largest absolute Gasteiger partial charge is 0.573 e. The summed E-state index contributed by atoms with van der Waals surface area (Å²) in [4.78, 5) is 2.13. The Hall–Kier alpha value is -0.980. The van der Waals surface area contributed by atoms with Crippen LogP contribution in [0.5, 0.6) is 5.75 Å². The molecule has 128 valence electrons. The Morgan fingerprint density at radius 2 is 1.68 bits per heavy atom. The van der Waals surface area contributed by atoms with Crippen LogP contribution in [-0.4, -0.2) is 31.4 Å². The van der Waals surface area contributed by atoms with Gasteiger partial charge < -0.3 is 10.5 Å². The molecule has 1 aromatic carbocycles. The van der Waals surface area contributed by atoms with E-state index in [1.165, 1.54) is 12.1 Å². The molecule has 0 radical (unpaired) electrons. The van der Waals surface area contributed by atoms with E-state index in [-0.39, 0.29) is 29.6 Å². The maximum atomic E-state index is 12.1. The van der Waals surface area contributed by atoms with E-state index in [2.05, 4.69) is 23.5 Å². The van der Waals surface area contributed by atoms with Crippen LogP contribution >= 0.6 is 12.4 Å². The van der Waals surface area contributed by atoms with Crippen molar-refractivity contribution in [2.75, 3.05) is 20.1 Å². The predicted octanol–water partition coefficient (Wildman–Crippen LogP) is 3.98. The van der Waals surface area contributed by atoms with Crippen molar-refractivity contribution >= 4 is 12.4 Å². The molecular formula is C15H24ClF3N2O. The Balaban J connectivity index is 0.00000441. The molecule has 1 unspecified atom stereocenters. The second-order valence-electron chi connectivity index (χ2n) is 6.08. The van der Waals surface area contributed by atoms with E-state index in [4.69, 9.17) is 5.73 Å². The standard InChI is InChI=1S/C15H23F3N2O.ClH/c1-11(20(4)10-14(2,3)9-19)12-5-7-13(8-6-12)21-15(16,17)18;/h5-8,11H,9-10,19H2,1-4H3;1H. The summed E-state index contributed by atoms with van der Waals surface area (Å²) in [6.07, 6.45) is -4.66. The molecule has 1 atom stereocenters. The summed E-state index contributed by atoms with van der Waals surface area (Å²) < 4.78 is 40.2. The fourth-order valence-corrected chi connectivity index (χ4v) is 2.08. The molecule has 1 aromatic rings. The number of ether oxygens (including phenoxy) is 1. The van der Waals surface area contributed by atoms with E-state index in [0.29, 0.717) is 6.54 Å². The zero-order chi connectivity index (χ0) is 16.3. The fraction of sp³-hybridized carbons (Fsp3) is 0.600. The summed E-state index contributed by atoms with van der Waals surface area (Å²) in [7, 11) is 1.97. The van der Waals surface area contributed by atoms with Gasteiger partial charge in [0.1, 0.15) is 5.75 Å². The van der Waals surface area contributed by atoms with E-state index in [1.54, 1.807) is 12.1 Å². The molecule has 3 nitrogen and oxygen atoms in total. The summed E-state index contributed by atoms with van der Waals surface area (Å²) >= 11 is 0. The number of nitrogens with zero attached hydrogens (tertiary/aromatic N) is 1. The summed E-state index contributed by atoms with van der Waals surface area (Å²) in [6.45, 7) is 7.53. The molecule has 22 heavy (non-hydrogen) atoms. The molecule has 2 N–H and O–H groups in total. The molecule has 0 heterocycles. The van der Waals surface area contributed by atoms with Crippen molar-refractivity contribution in [2.45, 2.75) is 33.2 Å². The molecule has 0 aliphatic rings. The second kappa shape index (κ2) is 8.04. The highest BCUT2D eigenvalue weighted by Crippen LogP contribution is 2.27. The zero-order valence-corrected chi connectivity index (χ0v) is 14.1. The lowest BCUT2D eigenvalue weighted by atomic mass is 9.92. The van der Waals surface area contributed by atoms with Gasteiger partial charge in [0.25, 0.3) is 0 Å². The lowest BCUT2D eigenvalue weighted by Gasteiger charge is -2.33. The van der Waals surface area contributed by atoms with Crippen molar-refractivity contribution < 1.29 is 17.9 Å². The Bertz CT molecular complexity index is 449. The van der Waals surface area contributed by atoms with Crippen LogP contribution in [0, 0.1) is 5.41 Å². The smallest absolute Gasteiger partial charge is 0.406 e. The highest BCUT2D eigenvalue weighted by molar-refractivity contribution is 5.85. The van der Waals surface area contributed by atoms with Crippen LogP contribution in [0.25, 0.3) is 0 Å². The summed E-state index contributed by atoms with van der Waals surface area (Å²) in [5.74, 6) is -0.205. The quantitative estimate of drug-likeness (QED) is 0.851. The van der Waals surface area contributed by atoms with E-state index in [9.17, 15) is 13.2 Å². The summed E-state index contributed by atoms with van der Waals surface area (Å²) in [6, 6.07) is 6.05. The Morgan fingerprint density at radius 1 is 1.18 bits per heavy atom. The number of benzene rings is 1. The van der Waals surface area contributed by atoms with Gasteiger partial charge in [-0.1, -0.05) is 26.0 Å². The minimum Gasteiger partial charge on any atom is -0.406 e. The van der Waals surface area contributed by atoms with Gasteiger partial charge in [-0.3, -0.25) is 4.90 Å². The first kappa shape index (κ1) is 21.0. The molecule has 0 fully saturated rings. The molecule has 0 aromatic heterocycles. The molecule has 0 aliphatic heterocycles. The van der Waals surface area contributed by atoms with Gasteiger partial charge in [0.2, 0.25) is 0 Å². The van der Waals surface area contributed by atoms with Gasteiger partial charge in [-0.25, -0.2) is 0 Å². The number of rotatable bonds is 6. The molecule has 0 bridgehead atoms. The van der Waals surface area contributed by atoms with Gasteiger partial charge >= 0.3 is 6.36 Å². The summed E-state index contributed by atoms with van der Waals surface area (Å²) in [5, 5.41) is 0. The van der Waals surface area contributed by atoms with Crippen LogP contribution in [-0.2, 0) is 0 Å². The van der Waals surface area contributed by atoms with E-state index in [0.717, 1.165) is 12.1 Å². The number of nitrogens with two attached hydrogens (primary N) is 1. The molecule has 0 saturated carbocycles. The zero-order valence-electron chi connectivity index (χ0n) is 13.3. The minimum atomic E-state index is -4.66. The first-order valence-corrected chi connectivity index (χ1v) is 6.80. The Morgan fingerprint density at radius 3 is 2.09 bits per heavy atom. The minimum absolute atomic E-state index is 0. The molecular weight excluding hydrogens is 317 g/mol. The number of hydrogen-bond acceptors (Lipinski definition) is 3. The lowest BCUT2D eigenvalue weighted by Crippen LogP contribution is -2.37. The van der Waals surface area contributed by atoms with Crippen LogP contribution in [0.3, 0.4) is 0 Å². The van der Waals surface area contributed by atoms with Gasteiger partial charge in [-0.2, -0.15) is 0 Å². The van der Waals surface area contributed by atoms with Gasteiger partial charge in [-0.05, 0) is 43.6 Å². The third-order valence-electron chi connectivity index (χ3n) is 3.49. The summed E-state index contributed by atoms with van der Waals surface area (Å²) in [5.41, 5.74) is 6.64. The molecule has 0 amide bonds. The highest BCUT2D eigenvalue weighted by Gasteiger charge is 2.31. The topological polar surface area (TPSA) is 38.5 Å². The van der Waals surface area contributed by atoms with Crippen LogP contribution < -0.4 is 10.5 Å². The predicted molar refractivity (Wildman–Crippen MR) is 84.3 cm³/mol. The van der Waals surface area contributed by atoms with Crippen molar-refractivity contribution in [3.63, 3.8) is 0 Å². The maximum Gasteiger partial charge on any atom is 0.573 e. The third-order valence-corrected chi connectivity index (χ3v) is 3.49. The van der Waals surface area contributed by atoms with Crippen LogP contribution in [0.2, 0.25) is 0 Å². The van der Waals surface area contributed by atoms with E-state index >= 15 is 0 Å². The van der Waals surface area contributed by atoms with E-state index in [1.807, 2.05) is 14.0 Å². The number of hydrogen-bond donors (Lipinski definition) is 1. The van der Waals surface area contributed by atoms with E-state index < -0.39 is 6.36 Å². The van der Waals surface area contributed by atoms with Crippen molar-refractivity contribution in [1.29, 1.82) is 0 Å². The maximum absolute atomic E-state index is 12.1. The van der Waals surface area contributed by atoms with Gasteiger partial charge in [0, 0.05) is 12.6 Å². The average Bonchev–Trinajstić information content (AvgIpc) is 2.36. The highest BCUT2D eigenvalue weighted by atomic mass is 35.5. The van der Waals surface area contributed by atoms with Crippen LogP contribution in [0.1, 0.15) is 32.4 Å². The normalized spacial score (nSPS) is 13.7. The Kier molecular flexibility index (Phi) is 7.68. The molecule has 7 heteroatoms. The second-order valence-corrected chi connectivity index (χ2v) is 6.08. The van der Waals surface area contributed by atoms with Crippen molar-refractivity contribution in [3.8, 4) is 5.75 Å². The lowest BCUT2D eigenvalue weighted by molar-refractivity contribution is -0.274. The molecule has 0 aliphatic carbocycles. The third kappa shape index (κ3) is 6.85. The number of halogens is 4. The number of alkyl halides is 3. The van der Waals surface area contributed by atoms with Crippen LogP contribution in [0.4, 0.5) is 13.2 Å². The first-order valence-electron chi connectivity index (χ1n) is 6.80. The first-order chi connectivity index (χ1) is 9.54. The molecule has 0 spiro atoms. The fourth-order valence-electron chi connectivity index (χ4n) is 2.08. The van der Waals surface area contributed by atoms with Crippen molar-refractivity contribution in [2.24, 2.45) is 11.1 Å². The van der Waals surface area contributed by atoms with Crippen LogP contribution in [0.15, 0.2) is 24.3 Å². The average molecular weight is 341 g/mol. The molecule has 1 rings (SSSR count). The van der Waals surface area contributed by atoms with Crippen molar-refractivity contribution in [3.05, 3.63) is 29.8 Å².